The lowest BCUT2D eigenvalue weighted by molar-refractivity contribution is -0.0345. The fourth-order valence-electron chi connectivity index (χ4n) is 4.26. The third kappa shape index (κ3) is 3.96. The first-order valence-electron chi connectivity index (χ1n) is 10.3. The molecule has 1 saturated carbocycles. The van der Waals surface area contributed by atoms with Crippen molar-refractivity contribution in [2.24, 2.45) is 11.8 Å². The topological polar surface area (TPSA) is 150 Å². The maximum atomic E-state index is 10.7. The zero-order valence-electron chi connectivity index (χ0n) is 17.9. The van der Waals surface area contributed by atoms with E-state index in [9.17, 15) is 15.3 Å². The number of hydrogen-bond acceptors (Lipinski definition) is 10. The highest BCUT2D eigenvalue weighted by Crippen LogP contribution is 2.39. The molecule has 0 saturated heterocycles. The molecule has 9 nitrogen and oxygen atoms in total. The van der Waals surface area contributed by atoms with Gasteiger partial charge in [-0.2, -0.15) is 4.98 Å². The Labute approximate surface area is 184 Å². The molecular formula is C21H28N6O3S. The van der Waals surface area contributed by atoms with Gasteiger partial charge in [-0.15, -0.1) is 11.3 Å². The second-order valence-electron chi connectivity index (χ2n) is 8.52. The Kier molecular flexibility index (Phi) is 5.82. The number of anilines is 2. The third-order valence-electron chi connectivity index (χ3n) is 5.98. The highest BCUT2D eigenvalue weighted by atomic mass is 32.1. The summed E-state index contributed by atoms with van der Waals surface area (Å²) >= 11 is 1.50. The van der Waals surface area contributed by atoms with Crippen LogP contribution >= 0.6 is 11.3 Å². The standard InChI is InChI=1S/C21H28N6O3S/c1-8(2)16(28)11-7-12(18(30)17(11)29)25-19-14(9(3)24-21(22)27-19)20-26-15-10(4)23-6-5-13(15)31-20/h5-6,8,11-12,16-18,28-30H,7H2,1-4H3,(H3,22,24,25,27)/t11-,12-,16+,17-,18+/m1/s1. The van der Waals surface area contributed by atoms with E-state index in [1.807, 2.05) is 33.8 Å². The largest absolute Gasteiger partial charge is 0.392 e. The average Bonchev–Trinajstić information content (AvgIpc) is 3.24. The molecule has 0 unspecified atom stereocenters. The van der Waals surface area contributed by atoms with E-state index < -0.39 is 30.3 Å². The van der Waals surface area contributed by atoms with Gasteiger partial charge in [0, 0.05) is 12.1 Å². The number of aliphatic hydroxyl groups excluding tert-OH is 3. The van der Waals surface area contributed by atoms with E-state index in [2.05, 4.69) is 20.3 Å². The van der Waals surface area contributed by atoms with E-state index in [4.69, 9.17) is 10.7 Å². The second kappa shape index (κ2) is 8.27. The van der Waals surface area contributed by atoms with Crippen LogP contribution in [0.5, 0.6) is 0 Å². The van der Waals surface area contributed by atoms with Crippen LogP contribution in [0.1, 0.15) is 31.7 Å². The molecule has 0 spiro atoms. The lowest BCUT2D eigenvalue weighted by atomic mass is 9.90. The van der Waals surface area contributed by atoms with Crippen molar-refractivity contribution in [1.29, 1.82) is 0 Å². The SMILES string of the molecule is Cc1nc(N)nc(N[C@@H]2C[C@H]([C@@H](O)C(C)C)[C@@H](O)[C@H]2O)c1-c1nc2c(C)nccc2s1. The minimum Gasteiger partial charge on any atom is -0.392 e. The predicted molar refractivity (Wildman–Crippen MR) is 121 cm³/mol. The van der Waals surface area contributed by atoms with E-state index in [1.165, 1.54) is 11.3 Å². The van der Waals surface area contributed by atoms with Crippen LogP contribution in [-0.2, 0) is 0 Å². The van der Waals surface area contributed by atoms with Gasteiger partial charge in [0.15, 0.2) is 0 Å². The number of nitrogens with zero attached hydrogens (tertiary/aromatic N) is 4. The molecule has 0 aliphatic heterocycles. The van der Waals surface area contributed by atoms with E-state index in [0.29, 0.717) is 23.5 Å². The Balaban J connectivity index is 1.71. The summed E-state index contributed by atoms with van der Waals surface area (Å²) in [6, 6.07) is 1.41. The number of nitrogen functional groups attached to an aromatic ring is 1. The molecule has 166 valence electrons. The summed E-state index contributed by atoms with van der Waals surface area (Å²) in [5.41, 5.74) is 8.93. The number of hydrogen-bond donors (Lipinski definition) is 5. The summed E-state index contributed by atoms with van der Waals surface area (Å²) in [5, 5.41) is 35.6. The lowest BCUT2D eigenvalue weighted by Crippen LogP contribution is -2.38. The van der Waals surface area contributed by atoms with Gasteiger partial charge >= 0.3 is 0 Å². The van der Waals surface area contributed by atoms with Crippen molar-refractivity contribution in [3.8, 4) is 10.6 Å². The van der Waals surface area contributed by atoms with Gasteiger partial charge in [-0.05, 0) is 32.3 Å². The van der Waals surface area contributed by atoms with E-state index in [1.54, 1.807) is 6.20 Å². The van der Waals surface area contributed by atoms with Crippen molar-refractivity contribution in [3.05, 3.63) is 23.7 Å². The minimum atomic E-state index is -1.05. The van der Waals surface area contributed by atoms with Crippen LogP contribution in [-0.4, -0.2) is 59.6 Å². The molecule has 0 aromatic carbocycles. The van der Waals surface area contributed by atoms with Crippen molar-refractivity contribution < 1.29 is 15.3 Å². The molecule has 5 atom stereocenters. The number of fused-ring (bicyclic) bond motifs is 1. The number of thiazole rings is 1. The van der Waals surface area contributed by atoms with Crippen LogP contribution < -0.4 is 11.1 Å². The monoisotopic (exact) mass is 444 g/mol. The Morgan fingerprint density at radius 3 is 2.55 bits per heavy atom. The maximum Gasteiger partial charge on any atom is 0.222 e. The van der Waals surface area contributed by atoms with Crippen LogP contribution in [0.2, 0.25) is 0 Å². The van der Waals surface area contributed by atoms with Gasteiger partial charge in [0.25, 0.3) is 0 Å². The first-order chi connectivity index (χ1) is 14.7. The van der Waals surface area contributed by atoms with Gasteiger partial charge in [-0.1, -0.05) is 13.8 Å². The molecule has 10 heteroatoms. The van der Waals surface area contributed by atoms with Crippen molar-refractivity contribution >= 4 is 33.3 Å². The quantitative estimate of drug-likeness (QED) is 0.397. The van der Waals surface area contributed by atoms with Crippen LogP contribution in [0.3, 0.4) is 0 Å². The summed E-state index contributed by atoms with van der Waals surface area (Å²) in [5.74, 6) is 0.0882. The predicted octanol–water partition coefficient (Wildman–Crippen LogP) is 1.89. The number of aryl methyl sites for hydroxylation is 2. The molecule has 31 heavy (non-hydrogen) atoms. The van der Waals surface area contributed by atoms with Gasteiger partial charge in [0.2, 0.25) is 5.95 Å². The number of rotatable bonds is 5. The van der Waals surface area contributed by atoms with Gasteiger partial charge in [0.1, 0.15) is 22.4 Å². The molecule has 4 rings (SSSR count). The van der Waals surface area contributed by atoms with Crippen LogP contribution in [0.4, 0.5) is 11.8 Å². The molecule has 0 radical (unpaired) electrons. The molecule has 1 aliphatic carbocycles. The molecule has 1 aliphatic rings. The zero-order valence-corrected chi connectivity index (χ0v) is 18.8. The molecule has 0 amide bonds. The third-order valence-corrected chi connectivity index (χ3v) is 7.02. The first kappa shape index (κ1) is 21.8. The smallest absolute Gasteiger partial charge is 0.222 e. The molecule has 1 fully saturated rings. The molecule has 3 heterocycles. The van der Waals surface area contributed by atoms with E-state index >= 15 is 0 Å². The van der Waals surface area contributed by atoms with Crippen molar-refractivity contribution in [2.75, 3.05) is 11.1 Å². The molecular weight excluding hydrogens is 416 g/mol. The van der Waals surface area contributed by atoms with Crippen LogP contribution in [0.15, 0.2) is 12.3 Å². The van der Waals surface area contributed by atoms with Crippen LogP contribution in [0, 0.1) is 25.7 Å². The van der Waals surface area contributed by atoms with Gasteiger partial charge in [-0.25, -0.2) is 9.97 Å². The fourth-order valence-corrected chi connectivity index (χ4v) is 5.37. The van der Waals surface area contributed by atoms with Gasteiger partial charge in [-0.3, -0.25) is 4.98 Å². The second-order valence-corrected chi connectivity index (χ2v) is 9.55. The molecule has 0 bridgehead atoms. The Morgan fingerprint density at radius 2 is 1.87 bits per heavy atom. The lowest BCUT2D eigenvalue weighted by Gasteiger charge is -2.24. The average molecular weight is 445 g/mol. The van der Waals surface area contributed by atoms with E-state index in [-0.39, 0.29) is 11.9 Å². The maximum absolute atomic E-state index is 10.7. The summed E-state index contributed by atoms with van der Waals surface area (Å²) in [4.78, 5) is 17.7. The van der Waals surface area contributed by atoms with E-state index in [0.717, 1.165) is 20.9 Å². The summed E-state index contributed by atoms with van der Waals surface area (Å²) in [7, 11) is 0. The highest BCUT2D eigenvalue weighted by Gasteiger charge is 2.45. The number of aromatic nitrogens is 4. The highest BCUT2D eigenvalue weighted by molar-refractivity contribution is 7.21. The molecule has 6 N–H and O–H groups in total. The zero-order chi connectivity index (χ0) is 22.4. The summed E-state index contributed by atoms with van der Waals surface area (Å²) in [6.45, 7) is 7.52. The Morgan fingerprint density at radius 1 is 1.13 bits per heavy atom. The van der Waals surface area contributed by atoms with Crippen molar-refractivity contribution in [3.63, 3.8) is 0 Å². The fraction of sp³-hybridized carbons (Fsp3) is 0.524. The molecule has 3 aromatic heterocycles. The molecule has 3 aromatic rings. The van der Waals surface area contributed by atoms with Crippen molar-refractivity contribution in [2.45, 2.75) is 58.5 Å². The Hall–Kier alpha value is -2.40. The number of pyridine rings is 1. The normalized spacial score (nSPS) is 24.8. The van der Waals surface area contributed by atoms with Gasteiger partial charge < -0.3 is 26.4 Å². The van der Waals surface area contributed by atoms with Gasteiger partial charge in [0.05, 0.1) is 39.9 Å². The Bertz CT molecular complexity index is 1100. The van der Waals surface area contributed by atoms with Crippen molar-refractivity contribution in [1.82, 2.24) is 19.9 Å². The number of aliphatic hydroxyl groups is 3. The minimum absolute atomic E-state index is 0.0299. The van der Waals surface area contributed by atoms with Crippen LogP contribution in [0.25, 0.3) is 20.8 Å². The number of nitrogens with two attached hydrogens (primary N) is 1. The number of nitrogens with one attached hydrogen (secondary N) is 1. The summed E-state index contributed by atoms with van der Waals surface area (Å²) in [6.07, 6.45) is -0.652. The summed E-state index contributed by atoms with van der Waals surface area (Å²) < 4.78 is 1.00. The first-order valence-corrected chi connectivity index (χ1v) is 11.2.